The monoisotopic (exact) mass is 165 g/mol. The predicted octanol–water partition coefficient (Wildman–Crippen LogP) is 1.96. The molecule has 0 aliphatic rings. The highest BCUT2D eigenvalue weighted by Crippen LogP contribution is 2.57. The fourth-order valence-electron chi connectivity index (χ4n) is 0.513. The summed E-state index contributed by atoms with van der Waals surface area (Å²) in [6, 6.07) is 0. The maximum Gasteiger partial charge on any atom is 0.437 e. The molecule has 0 aromatic carbocycles. The zero-order chi connectivity index (χ0) is 8.04. The lowest BCUT2D eigenvalue weighted by molar-refractivity contribution is 0.199. The Hall–Kier alpha value is 0.0500. The van der Waals surface area contributed by atoms with Crippen molar-refractivity contribution < 1.29 is 13.9 Å². The summed E-state index contributed by atoms with van der Waals surface area (Å²) in [4.78, 5) is 9.37. The van der Waals surface area contributed by atoms with Crippen LogP contribution in [-0.2, 0) is 9.05 Å². The third-order valence-electron chi connectivity index (χ3n) is 0.859. The minimum Gasteiger partial charge on any atom is -0.189 e. The molecule has 0 aromatic rings. The first kappa shape index (κ1) is 10.0. The fraction of sp³-hybridized carbons (Fsp3) is 0.667. The Morgan fingerprint density at radius 2 is 1.80 bits per heavy atom. The molecule has 0 aromatic heterocycles. The van der Waals surface area contributed by atoms with Crippen molar-refractivity contribution in [2.45, 2.75) is 13.8 Å². The maximum atomic E-state index is 9.37. The van der Waals surface area contributed by atoms with Crippen molar-refractivity contribution in [2.75, 3.05) is 13.2 Å². The van der Waals surface area contributed by atoms with Crippen molar-refractivity contribution >= 4 is 7.94 Å². The van der Waals surface area contributed by atoms with E-state index < -0.39 is 7.94 Å². The summed E-state index contributed by atoms with van der Waals surface area (Å²) in [7, 11) is -2.69. The van der Waals surface area contributed by atoms with Crippen LogP contribution in [0.15, 0.2) is 12.4 Å². The molecule has 0 saturated heterocycles. The molecule has 3 nitrogen and oxygen atoms in total. The predicted molar refractivity (Wildman–Crippen MR) is 42.6 cm³/mol. The lowest BCUT2D eigenvalue weighted by Gasteiger charge is -2.09. The van der Waals surface area contributed by atoms with Gasteiger partial charge in [-0.3, -0.25) is 0 Å². The van der Waals surface area contributed by atoms with Crippen LogP contribution in [0.4, 0.5) is 0 Å². The molecule has 1 N–H and O–H groups in total. The van der Waals surface area contributed by atoms with Gasteiger partial charge in [0.1, 0.15) is 5.82 Å². The average molecular weight is 165 g/mol. The Kier molecular flexibility index (Phi) is 4.83. The van der Waals surface area contributed by atoms with E-state index in [9.17, 15) is 4.89 Å². The van der Waals surface area contributed by atoms with Gasteiger partial charge < -0.3 is 0 Å². The van der Waals surface area contributed by atoms with E-state index in [2.05, 4.69) is 6.58 Å². The van der Waals surface area contributed by atoms with Crippen molar-refractivity contribution in [3.63, 3.8) is 0 Å². The highest BCUT2D eigenvalue weighted by molar-refractivity contribution is 7.63. The molecular formula is C6H14O3P+. The van der Waals surface area contributed by atoms with E-state index in [1.807, 2.05) is 0 Å². The molecule has 0 amide bonds. The zero-order valence-electron chi connectivity index (χ0n) is 6.41. The molecule has 0 atom stereocenters. The van der Waals surface area contributed by atoms with Crippen molar-refractivity contribution in [1.82, 2.24) is 0 Å². The molecular weight excluding hydrogens is 151 g/mol. The summed E-state index contributed by atoms with van der Waals surface area (Å²) < 4.78 is 9.89. The average Bonchev–Trinajstić information content (AvgIpc) is 1.89. The van der Waals surface area contributed by atoms with Gasteiger partial charge in [0.15, 0.2) is 0 Å². The first-order chi connectivity index (χ1) is 4.68. The SMILES string of the molecule is C=C[P+](O)(OCC)OCC. The topological polar surface area (TPSA) is 38.7 Å². The van der Waals surface area contributed by atoms with Gasteiger partial charge in [-0.25, -0.2) is 0 Å². The molecule has 0 aliphatic carbocycles. The fourth-order valence-corrected chi connectivity index (χ4v) is 1.54. The first-order valence-corrected chi connectivity index (χ1v) is 4.87. The van der Waals surface area contributed by atoms with Crippen LogP contribution in [0, 0.1) is 0 Å². The standard InChI is InChI=1S/C6H14O3P/c1-4-8-10(7,6-3)9-5-2/h6-7H,3-5H2,1-2H3/q+1. The van der Waals surface area contributed by atoms with E-state index in [-0.39, 0.29) is 0 Å². The molecule has 4 heteroatoms. The third-order valence-corrected chi connectivity index (χ3v) is 2.58. The van der Waals surface area contributed by atoms with Gasteiger partial charge in [0, 0.05) is 0 Å². The highest BCUT2D eigenvalue weighted by Gasteiger charge is 2.35. The molecule has 0 fully saturated rings. The summed E-state index contributed by atoms with van der Waals surface area (Å²) in [6.45, 7) is 7.90. The molecule has 0 radical (unpaired) electrons. The lowest BCUT2D eigenvalue weighted by atomic mass is 10.9. The second-order valence-corrected chi connectivity index (χ2v) is 3.59. The Bertz CT molecular complexity index is 99.2. The van der Waals surface area contributed by atoms with Gasteiger partial charge in [-0.2, -0.15) is 13.9 Å². The van der Waals surface area contributed by atoms with Crippen molar-refractivity contribution in [3.05, 3.63) is 12.4 Å². The second-order valence-electron chi connectivity index (χ2n) is 1.58. The van der Waals surface area contributed by atoms with Crippen molar-refractivity contribution in [2.24, 2.45) is 0 Å². The molecule has 10 heavy (non-hydrogen) atoms. The van der Waals surface area contributed by atoms with Crippen LogP contribution in [0.5, 0.6) is 0 Å². The van der Waals surface area contributed by atoms with E-state index in [1.54, 1.807) is 13.8 Å². The quantitative estimate of drug-likeness (QED) is 0.633. The minimum absolute atomic E-state index is 0.441. The van der Waals surface area contributed by atoms with Gasteiger partial charge in [-0.15, -0.1) is 0 Å². The summed E-state index contributed by atoms with van der Waals surface area (Å²) in [5.41, 5.74) is 0. The summed E-state index contributed by atoms with van der Waals surface area (Å²) in [6.07, 6.45) is 0. The van der Waals surface area contributed by atoms with Crippen LogP contribution < -0.4 is 0 Å². The molecule has 0 bridgehead atoms. The van der Waals surface area contributed by atoms with E-state index in [1.165, 1.54) is 5.82 Å². The maximum absolute atomic E-state index is 9.37. The van der Waals surface area contributed by atoms with Crippen LogP contribution >= 0.6 is 7.94 Å². The van der Waals surface area contributed by atoms with Crippen molar-refractivity contribution in [1.29, 1.82) is 0 Å². The number of rotatable bonds is 5. The van der Waals surface area contributed by atoms with Gasteiger partial charge in [0.25, 0.3) is 0 Å². The molecule has 0 rings (SSSR count). The van der Waals surface area contributed by atoms with Crippen LogP contribution in [-0.4, -0.2) is 18.1 Å². The summed E-state index contributed by atoms with van der Waals surface area (Å²) in [5, 5.41) is 0. The normalized spacial score (nSPS) is 11.5. The smallest absolute Gasteiger partial charge is 0.189 e. The molecule has 60 valence electrons. The van der Waals surface area contributed by atoms with Crippen LogP contribution in [0.3, 0.4) is 0 Å². The van der Waals surface area contributed by atoms with E-state index in [0.29, 0.717) is 13.2 Å². The van der Waals surface area contributed by atoms with Gasteiger partial charge in [-0.05, 0) is 13.8 Å². The Labute approximate surface area is 62.2 Å². The first-order valence-electron chi connectivity index (χ1n) is 3.22. The molecule has 0 spiro atoms. The second kappa shape index (κ2) is 4.80. The highest BCUT2D eigenvalue weighted by atomic mass is 31.2. The molecule has 0 heterocycles. The lowest BCUT2D eigenvalue weighted by Crippen LogP contribution is -1.98. The number of hydrogen-bond donors (Lipinski definition) is 1. The van der Waals surface area contributed by atoms with Crippen LogP contribution in [0.2, 0.25) is 0 Å². The molecule has 0 aliphatic heterocycles. The van der Waals surface area contributed by atoms with E-state index in [0.717, 1.165) is 0 Å². The zero-order valence-corrected chi connectivity index (χ0v) is 7.30. The Morgan fingerprint density at radius 1 is 1.40 bits per heavy atom. The third kappa shape index (κ3) is 3.28. The number of hydrogen-bond acceptors (Lipinski definition) is 3. The summed E-state index contributed by atoms with van der Waals surface area (Å²) in [5.74, 6) is 1.33. The van der Waals surface area contributed by atoms with Gasteiger partial charge in [0.05, 0.1) is 13.2 Å². The van der Waals surface area contributed by atoms with E-state index >= 15 is 0 Å². The van der Waals surface area contributed by atoms with Crippen molar-refractivity contribution in [3.8, 4) is 0 Å². The minimum atomic E-state index is -2.69. The molecule has 0 unspecified atom stereocenters. The van der Waals surface area contributed by atoms with Crippen LogP contribution in [0.1, 0.15) is 13.8 Å². The largest absolute Gasteiger partial charge is 0.437 e. The van der Waals surface area contributed by atoms with Gasteiger partial charge >= 0.3 is 7.94 Å². The Balaban J connectivity index is 3.81. The molecule has 0 saturated carbocycles. The van der Waals surface area contributed by atoms with Gasteiger partial charge in [0.2, 0.25) is 0 Å². The van der Waals surface area contributed by atoms with Crippen LogP contribution in [0.25, 0.3) is 0 Å². The van der Waals surface area contributed by atoms with E-state index in [4.69, 9.17) is 9.05 Å². The Morgan fingerprint density at radius 3 is 2.00 bits per heavy atom. The summed E-state index contributed by atoms with van der Waals surface area (Å²) >= 11 is 0. The van der Waals surface area contributed by atoms with Gasteiger partial charge in [-0.1, -0.05) is 6.58 Å².